The van der Waals surface area contributed by atoms with Gasteiger partial charge in [-0.3, -0.25) is 4.79 Å². The van der Waals surface area contributed by atoms with Gasteiger partial charge >= 0.3 is 0 Å². The molecule has 80 valence electrons. The second-order valence-corrected chi connectivity index (χ2v) is 3.85. The number of nitrogen functional groups attached to an aromatic ring is 1. The predicted molar refractivity (Wildman–Crippen MR) is 64.2 cm³/mol. The molecule has 0 aliphatic carbocycles. The Bertz CT molecular complexity index is 399. The highest BCUT2D eigenvalue weighted by Crippen LogP contribution is 2.21. The smallest absolute Gasteiger partial charge is 0.166 e. The van der Waals surface area contributed by atoms with Crippen LogP contribution in [0.15, 0.2) is 30.4 Å². The monoisotopic (exact) mass is 223 g/mol. The molecular weight excluding hydrogens is 210 g/mol. The van der Waals surface area contributed by atoms with Gasteiger partial charge in [-0.05, 0) is 24.6 Å². The molecule has 1 aromatic rings. The fourth-order valence-corrected chi connectivity index (χ4v) is 1.29. The molecule has 1 rings (SSSR count). The van der Waals surface area contributed by atoms with Crippen molar-refractivity contribution in [3.8, 4) is 0 Å². The molecule has 0 saturated carbocycles. The summed E-state index contributed by atoms with van der Waals surface area (Å²) in [6, 6.07) is 4.93. The van der Waals surface area contributed by atoms with E-state index in [0.717, 1.165) is 12.0 Å². The third kappa shape index (κ3) is 3.10. The van der Waals surface area contributed by atoms with Crippen molar-refractivity contribution < 1.29 is 4.79 Å². The van der Waals surface area contributed by atoms with E-state index in [1.807, 2.05) is 6.92 Å². The van der Waals surface area contributed by atoms with Gasteiger partial charge in [0.05, 0.1) is 10.7 Å². The van der Waals surface area contributed by atoms with Crippen molar-refractivity contribution >= 4 is 23.1 Å². The molecule has 0 atom stereocenters. The first-order chi connectivity index (χ1) is 7.04. The molecule has 0 aliphatic rings. The Labute approximate surface area is 94.7 Å². The van der Waals surface area contributed by atoms with Gasteiger partial charge in [0.1, 0.15) is 0 Å². The van der Waals surface area contributed by atoms with E-state index in [1.54, 1.807) is 18.2 Å². The zero-order valence-corrected chi connectivity index (χ0v) is 9.47. The fraction of sp³-hybridized carbons (Fsp3) is 0.250. The van der Waals surface area contributed by atoms with Gasteiger partial charge < -0.3 is 5.73 Å². The predicted octanol–water partition coefficient (Wildman–Crippen LogP) is 3.46. The van der Waals surface area contributed by atoms with Gasteiger partial charge in [-0.1, -0.05) is 30.7 Å². The highest BCUT2D eigenvalue weighted by Gasteiger charge is 2.08. The van der Waals surface area contributed by atoms with Gasteiger partial charge in [0, 0.05) is 12.0 Å². The van der Waals surface area contributed by atoms with Gasteiger partial charge in [0.2, 0.25) is 0 Å². The topological polar surface area (TPSA) is 43.1 Å². The van der Waals surface area contributed by atoms with E-state index in [1.165, 1.54) is 0 Å². The van der Waals surface area contributed by atoms with Crippen LogP contribution in [-0.2, 0) is 0 Å². The number of benzene rings is 1. The van der Waals surface area contributed by atoms with Crippen LogP contribution in [0.25, 0.3) is 0 Å². The van der Waals surface area contributed by atoms with Crippen LogP contribution in [0.5, 0.6) is 0 Å². The van der Waals surface area contributed by atoms with Crippen LogP contribution in [0, 0.1) is 0 Å². The molecule has 0 amide bonds. The average Bonchev–Trinajstić information content (AvgIpc) is 2.21. The minimum absolute atomic E-state index is 0.0326. The largest absolute Gasteiger partial charge is 0.398 e. The molecule has 1 aromatic carbocycles. The first-order valence-electron chi connectivity index (χ1n) is 4.79. The van der Waals surface area contributed by atoms with E-state index < -0.39 is 0 Å². The van der Waals surface area contributed by atoms with Gasteiger partial charge in [-0.25, -0.2) is 0 Å². The fourth-order valence-electron chi connectivity index (χ4n) is 1.17. The van der Waals surface area contributed by atoms with Crippen LogP contribution in [0.4, 0.5) is 5.69 Å². The molecule has 0 bridgehead atoms. The lowest BCUT2D eigenvalue weighted by molar-refractivity contribution is 0.0992. The lowest BCUT2D eigenvalue weighted by Crippen LogP contribution is -2.01. The maximum Gasteiger partial charge on any atom is 0.166 e. The Morgan fingerprint density at radius 2 is 2.20 bits per heavy atom. The van der Waals surface area contributed by atoms with Crippen molar-refractivity contribution in [3.05, 3.63) is 40.9 Å². The minimum Gasteiger partial charge on any atom is -0.398 e. The molecule has 0 spiro atoms. The summed E-state index contributed by atoms with van der Waals surface area (Å²) in [5.74, 6) is 0.0326. The number of allylic oxidation sites excluding steroid dienone is 1. The van der Waals surface area contributed by atoms with Crippen molar-refractivity contribution in [1.29, 1.82) is 0 Å². The average molecular weight is 224 g/mol. The van der Waals surface area contributed by atoms with E-state index in [2.05, 4.69) is 6.58 Å². The molecule has 2 N–H and O–H groups in total. The molecule has 0 unspecified atom stereocenters. The van der Waals surface area contributed by atoms with Gasteiger partial charge in [-0.15, -0.1) is 0 Å². The Kier molecular flexibility index (Phi) is 3.92. The quantitative estimate of drug-likeness (QED) is 0.483. The molecule has 2 nitrogen and oxygen atoms in total. The first-order valence-corrected chi connectivity index (χ1v) is 5.17. The first kappa shape index (κ1) is 11.8. The van der Waals surface area contributed by atoms with E-state index in [9.17, 15) is 4.79 Å². The third-order valence-corrected chi connectivity index (χ3v) is 2.57. The lowest BCUT2D eigenvalue weighted by atomic mass is 10.0. The minimum atomic E-state index is 0.0326. The molecule has 0 fully saturated rings. The Morgan fingerprint density at radius 3 is 2.73 bits per heavy atom. The summed E-state index contributed by atoms with van der Waals surface area (Å²) in [7, 11) is 0. The number of carbonyl (C=O) groups is 1. The van der Waals surface area contributed by atoms with Crippen LogP contribution in [-0.4, -0.2) is 5.78 Å². The molecule has 15 heavy (non-hydrogen) atoms. The number of hydrogen-bond acceptors (Lipinski definition) is 2. The van der Waals surface area contributed by atoms with E-state index in [4.69, 9.17) is 17.3 Å². The Morgan fingerprint density at radius 1 is 1.53 bits per heavy atom. The molecule has 0 aromatic heterocycles. The summed E-state index contributed by atoms with van der Waals surface area (Å²) < 4.78 is 0. The second-order valence-electron chi connectivity index (χ2n) is 3.44. The molecule has 0 aliphatic heterocycles. The summed E-state index contributed by atoms with van der Waals surface area (Å²) in [4.78, 5) is 11.7. The highest BCUT2D eigenvalue weighted by molar-refractivity contribution is 6.33. The number of hydrogen-bond donors (Lipinski definition) is 1. The van der Waals surface area contributed by atoms with Crippen molar-refractivity contribution in [1.82, 2.24) is 0 Å². The Hall–Kier alpha value is -1.28. The number of halogens is 1. The SMILES string of the molecule is C=C(CC)CC(=O)c1ccc(Cl)c(N)c1. The van der Waals surface area contributed by atoms with Crippen LogP contribution < -0.4 is 5.73 Å². The van der Waals surface area contributed by atoms with E-state index in [0.29, 0.717) is 22.7 Å². The standard InChI is InChI=1S/C12H14ClNO/c1-3-8(2)6-12(15)9-4-5-10(13)11(14)7-9/h4-5,7H,2-3,6,14H2,1H3. The number of rotatable bonds is 4. The van der Waals surface area contributed by atoms with E-state index in [-0.39, 0.29) is 5.78 Å². The molecule has 3 heteroatoms. The van der Waals surface area contributed by atoms with Gasteiger partial charge in [-0.2, -0.15) is 0 Å². The summed E-state index contributed by atoms with van der Waals surface area (Å²) >= 11 is 5.76. The van der Waals surface area contributed by atoms with Crippen molar-refractivity contribution in [2.45, 2.75) is 19.8 Å². The van der Waals surface area contributed by atoms with Crippen LogP contribution in [0.2, 0.25) is 5.02 Å². The summed E-state index contributed by atoms with van der Waals surface area (Å²) in [5.41, 5.74) is 7.56. The normalized spacial score (nSPS) is 10.0. The second kappa shape index (κ2) is 4.99. The number of carbonyl (C=O) groups excluding carboxylic acids is 1. The zero-order valence-electron chi connectivity index (χ0n) is 8.72. The summed E-state index contributed by atoms with van der Waals surface area (Å²) in [6.07, 6.45) is 1.19. The van der Waals surface area contributed by atoms with E-state index >= 15 is 0 Å². The van der Waals surface area contributed by atoms with Gasteiger partial charge in [0.25, 0.3) is 0 Å². The lowest BCUT2D eigenvalue weighted by Gasteiger charge is -2.04. The van der Waals surface area contributed by atoms with Crippen LogP contribution in [0.1, 0.15) is 30.1 Å². The van der Waals surface area contributed by atoms with Crippen LogP contribution >= 0.6 is 11.6 Å². The third-order valence-electron chi connectivity index (χ3n) is 2.23. The molecular formula is C12H14ClNO. The summed E-state index contributed by atoms with van der Waals surface area (Å²) in [6.45, 7) is 5.78. The number of Topliss-reactive ketones (excluding diaryl/α,β-unsaturated/α-hetero) is 1. The number of ketones is 1. The molecule has 0 saturated heterocycles. The zero-order chi connectivity index (χ0) is 11.4. The van der Waals surface area contributed by atoms with Crippen LogP contribution in [0.3, 0.4) is 0 Å². The molecule has 0 heterocycles. The van der Waals surface area contributed by atoms with Crippen molar-refractivity contribution in [2.75, 3.05) is 5.73 Å². The highest BCUT2D eigenvalue weighted by atomic mass is 35.5. The summed E-state index contributed by atoms with van der Waals surface area (Å²) in [5, 5.41) is 0.473. The van der Waals surface area contributed by atoms with Crippen molar-refractivity contribution in [2.24, 2.45) is 0 Å². The molecule has 0 radical (unpaired) electrons. The van der Waals surface area contributed by atoms with Gasteiger partial charge in [0.15, 0.2) is 5.78 Å². The maximum atomic E-state index is 11.7. The number of anilines is 1. The maximum absolute atomic E-state index is 11.7. The Balaban J connectivity index is 2.83. The number of nitrogens with two attached hydrogens (primary N) is 1. The van der Waals surface area contributed by atoms with Crippen molar-refractivity contribution in [3.63, 3.8) is 0 Å².